The minimum atomic E-state index is -2.29. The third kappa shape index (κ3) is 13.5. The smallest absolute Gasteiger partial charge is 0.436 e. The molecule has 0 aliphatic rings. The third-order valence-corrected chi connectivity index (χ3v) is 19.3. The second-order valence-corrected chi connectivity index (χ2v) is 25.2. The van der Waals surface area contributed by atoms with Crippen molar-refractivity contribution in [3.8, 4) is 0 Å². The molecule has 0 atom stereocenters. The lowest BCUT2D eigenvalue weighted by Gasteiger charge is -2.41. The lowest BCUT2D eigenvalue weighted by atomic mass is 9.85. The van der Waals surface area contributed by atoms with Gasteiger partial charge in [-0.1, -0.05) is 26.2 Å². The van der Waals surface area contributed by atoms with Crippen LogP contribution in [0.3, 0.4) is 0 Å². The van der Waals surface area contributed by atoms with Crippen molar-refractivity contribution in [3.05, 3.63) is 0 Å². The van der Waals surface area contributed by atoms with Crippen LogP contribution in [-0.4, -0.2) is 50.9 Å². The first-order chi connectivity index (χ1) is 11.1. The number of rotatable bonds is 13. The summed E-state index contributed by atoms with van der Waals surface area (Å²) in [6, 6.07) is 2.08. The Labute approximate surface area is 160 Å². The third-order valence-electron chi connectivity index (χ3n) is 3.91. The van der Waals surface area contributed by atoms with E-state index < -0.39 is 40.9 Å². The minimum absolute atomic E-state index is 0.406. The van der Waals surface area contributed by atoms with Crippen LogP contribution < -0.4 is 0 Å². The van der Waals surface area contributed by atoms with Gasteiger partial charge < -0.3 is 22.4 Å². The molecule has 25 heavy (non-hydrogen) atoms. The molecule has 0 aromatic heterocycles. The first kappa shape index (κ1) is 25.7. The van der Waals surface area contributed by atoms with Crippen LogP contribution in [0.4, 0.5) is 0 Å². The lowest BCUT2D eigenvalue weighted by molar-refractivity contribution is 0.327. The molecule has 0 aliphatic carbocycles. The van der Waals surface area contributed by atoms with E-state index in [-0.39, 0.29) is 0 Å². The van der Waals surface area contributed by atoms with Crippen LogP contribution in [0.25, 0.3) is 0 Å². The van der Waals surface area contributed by atoms with Gasteiger partial charge in [-0.25, -0.2) is 0 Å². The first-order valence-corrected chi connectivity index (χ1v) is 21.4. The van der Waals surface area contributed by atoms with Crippen LogP contribution in [0.1, 0.15) is 26.2 Å². The van der Waals surface area contributed by atoms with Crippen molar-refractivity contribution in [1.29, 1.82) is 0 Å². The molecule has 0 rings (SSSR count). The van der Waals surface area contributed by atoms with Crippen molar-refractivity contribution in [2.45, 2.75) is 97.0 Å². The molecule has 0 radical (unpaired) electrons. The SMILES string of the molecule is CCCC[Si](C)(C)O[Si](C)(C)O[Si](C)(C)O[Si](C)(C)CCCB(O)O. The van der Waals surface area contributed by atoms with Gasteiger partial charge in [-0.2, -0.15) is 0 Å². The van der Waals surface area contributed by atoms with Crippen LogP contribution in [-0.2, 0) is 12.3 Å². The van der Waals surface area contributed by atoms with Crippen molar-refractivity contribution in [3.63, 3.8) is 0 Å². The molecule has 0 bridgehead atoms. The highest BCUT2D eigenvalue weighted by Crippen LogP contribution is 2.27. The molecule has 5 nitrogen and oxygen atoms in total. The second-order valence-electron chi connectivity index (χ2n) is 9.10. The molecule has 0 amide bonds. The van der Waals surface area contributed by atoms with E-state index in [1.165, 1.54) is 18.9 Å². The van der Waals surface area contributed by atoms with Gasteiger partial charge in [-0.3, -0.25) is 0 Å². The molecule has 0 spiro atoms. The van der Waals surface area contributed by atoms with E-state index >= 15 is 0 Å². The summed E-state index contributed by atoms with van der Waals surface area (Å²) >= 11 is 0. The quantitative estimate of drug-likeness (QED) is 0.426. The molecule has 0 aromatic rings. The van der Waals surface area contributed by atoms with E-state index in [1.54, 1.807) is 0 Å². The summed E-state index contributed by atoms with van der Waals surface area (Å²) in [4.78, 5) is 0. The molecule has 0 aliphatic heterocycles. The Bertz CT molecular complexity index is 392. The summed E-state index contributed by atoms with van der Waals surface area (Å²) in [7, 11) is -9.33. The number of hydrogen-bond donors (Lipinski definition) is 2. The van der Waals surface area contributed by atoms with Crippen LogP contribution >= 0.6 is 0 Å². The predicted molar refractivity (Wildman–Crippen MR) is 117 cm³/mol. The minimum Gasteiger partial charge on any atom is -0.436 e. The van der Waals surface area contributed by atoms with Crippen molar-refractivity contribution < 1.29 is 22.4 Å². The molecule has 0 unspecified atom stereocenters. The van der Waals surface area contributed by atoms with E-state index in [0.717, 1.165) is 12.5 Å². The summed E-state index contributed by atoms with van der Waals surface area (Å²) in [6.45, 7) is 19.7. The highest BCUT2D eigenvalue weighted by atomic mass is 28.5. The predicted octanol–water partition coefficient (Wildman–Crippen LogP) is 4.51. The van der Waals surface area contributed by atoms with Crippen LogP contribution in [0, 0.1) is 0 Å². The zero-order valence-corrected chi connectivity index (χ0v) is 21.9. The Balaban J connectivity index is 4.69. The maximum Gasteiger partial charge on any atom is 0.451 e. The summed E-state index contributed by atoms with van der Waals surface area (Å²) < 4.78 is 19.6. The second kappa shape index (κ2) is 10.3. The molecular weight excluding hydrogens is 383 g/mol. The van der Waals surface area contributed by atoms with E-state index in [4.69, 9.17) is 22.4 Å². The monoisotopic (exact) mass is 424 g/mol. The van der Waals surface area contributed by atoms with Crippen molar-refractivity contribution in [2.75, 3.05) is 0 Å². The molecule has 150 valence electrons. The fourth-order valence-corrected chi connectivity index (χ4v) is 22.9. The van der Waals surface area contributed by atoms with Crippen LogP contribution in [0.5, 0.6) is 0 Å². The van der Waals surface area contributed by atoms with E-state index in [1.807, 2.05) is 0 Å². The van der Waals surface area contributed by atoms with Gasteiger partial charge in [0.2, 0.25) is 0 Å². The Morgan fingerprint density at radius 1 is 0.680 bits per heavy atom. The molecule has 2 N–H and O–H groups in total. The molecule has 0 aromatic carbocycles. The molecular formula is C15H41BO5Si4. The zero-order valence-electron chi connectivity index (χ0n) is 17.9. The van der Waals surface area contributed by atoms with Crippen molar-refractivity contribution in [1.82, 2.24) is 0 Å². The average Bonchev–Trinajstić information content (AvgIpc) is 2.30. The summed E-state index contributed by atoms with van der Waals surface area (Å²) in [6.07, 6.45) is 3.60. The number of hydrogen-bond acceptors (Lipinski definition) is 5. The van der Waals surface area contributed by atoms with Crippen LogP contribution in [0.15, 0.2) is 0 Å². The van der Waals surface area contributed by atoms with Gasteiger partial charge in [-0.15, -0.1) is 0 Å². The van der Waals surface area contributed by atoms with Gasteiger partial charge in [0, 0.05) is 0 Å². The summed E-state index contributed by atoms with van der Waals surface area (Å²) in [5.74, 6) is 0. The average molecular weight is 425 g/mol. The van der Waals surface area contributed by atoms with E-state index in [0.29, 0.717) is 6.32 Å². The van der Waals surface area contributed by atoms with Gasteiger partial charge in [-0.05, 0) is 70.8 Å². The fraction of sp³-hybridized carbons (Fsp3) is 1.00. The molecule has 0 heterocycles. The highest BCUT2D eigenvalue weighted by molar-refractivity contribution is 6.89. The highest BCUT2D eigenvalue weighted by Gasteiger charge is 2.43. The summed E-state index contributed by atoms with van der Waals surface area (Å²) in [5, 5.41) is 18.0. The lowest BCUT2D eigenvalue weighted by Crippen LogP contribution is -2.56. The summed E-state index contributed by atoms with van der Waals surface area (Å²) in [5.41, 5.74) is 0. The van der Waals surface area contributed by atoms with E-state index in [2.05, 4.69) is 59.3 Å². The Morgan fingerprint density at radius 2 is 1.08 bits per heavy atom. The molecule has 0 saturated heterocycles. The zero-order chi connectivity index (χ0) is 19.9. The van der Waals surface area contributed by atoms with E-state index in [9.17, 15) is 0 Å². The Morgan fingerprint density at radius 3 is 1.44 bits per heavy atom. The first-order valence-electron chi connectivity index (χ1n) is 9.56. The van der Waals surface area contributed by atoms with Gasteiger partial charge in [0.25, 0.3) is 0 Å². The maximum atomic E-state index is 9.01. The van der Waals surface area contributed by atoms with Crippen molar-refractivity contribution >= 4 is 40.9 Å². The fourth-order valence-electron chi connectivity index (χ4n) is 3.38. The topological polar surface area (TPSA) is 68.2 Å². The maximum absolute atomic E-state index is 9.01. The van der Waals surface area contributed by atoms with Crippen LogP contribution in [0.2, 0.25) is 70.8 Å². The molecule has 0 fully saturated rings. The molecule has 0 saturated carbocycles. The van der Waals surface area contributed by atoms with Gasteiger partial charge in [0.1, 0.15) is 0 Å². The molecule has 10 heteroatoms. The van der Waals surface area contributed by atoms with Gasteiger partial charge >= 0.3 is 24.2 Å². The standard InChI is InChI=1S/C15H41BO5Si4/c1-10-11-14-22(2,3)19-24(6,7)21-25(8,9)20-23(4,5)15-12-13-16(17)18/h17-18H,10-15H2,1-9H3. The number of unbranched alkanes of at least 4 members (excludes halogenated alkanes) is 1. The normalized spacial score (nSPS) is 14.0. The Hall–Kier alpha value is 0.732. The largest absolute Gasteiger partial charge is 0.451 e. The Kier molecular flexibility index (Phi) is 10.6. The van der Waals surface area contributed by atoms with Gasteiger partial charge in [0.15, 0.2) is 16.6 Å². The van der Waals surface area contributed by atoms with Gasteiger partial charge in [0.05, 0.1) is 0 Å². The van der Waals surface area contributed by atoms with Crippen molar-refractivity contribution in [2.24, 2.45) is 0 Å².